The first-order chi connectivity index (χ1) is 8.32. The van der Waals surface area contributed by atoms with E-state index in [4.69, 9.17) is 10.2 Å². The Morgan fingerprint density at radius 1 is 1.33 bits per heavy atom. The smallest absolute Gasteiger partial charge is 0.342 e. The van der Waals surface area contributed by atoms with Crippen LogP contribution < -0.4 is 10.7 Å². The lowest BCUT2D eigenvalue weighted by Crippen LogP contribution is -2.20. The van der Waals surface area contributed by atoms with Crippen LogP contribution in [0.25, 0.3) is 10.8 Å². The Morgan fingerprint density at radius 3 is 2.56 bits per heavy atom. The van der Waals surface area contributed by atoms with Crippen molar-refractivity contribution in [3.8, 4) is 0 Å². The van der Waals surface area contributed by atoms with Crippen LogP contribution in [0.1, 0.15) is 10.4 Å². The third-order valence-corrected chi connectivity index (χ3v) is 3.37. The molecule has 8 heteroatoms. The van der Waals surface area contributed by atoms with Crippen molar-refractivity contribution in [2.45, 2.75) is 4.90 Å². The molecule has 1 heterocycles. The second-order valence-electron chi connectivity index (χ2n) is 3.56. The molecule has 0 fully saturated rings. The van der Waals surface area contributed by atoms with E-state index in [1.54, 1.807) is 0 Å². The maximum atomic E-state index is 11.5. The maximum absolute atomic E-state index is 11.5. The molecule has 94 valence electrons. The minimum atomic E-state index is -4.12. The van der Waals surface area contributed by atoms with Crippen LogP contribution in [0, 0.1) is 0 Å². The number of benzene rings is 1. The van der Waals surface area contributed by atoms with Gasteiger partial charge in [-0.25, -0.2) is 18.4 Å². The second kappa shape index (κ2) is 3.93. The normalized spacial score (nSPS) is 11.6. The van der Waals surface area contributed by atoms with Gasteiger partial charge in [-0.2, -0.15) is 0 Å². The summed E-state index contributed by atoms with van der Waals surface area (Å²) in [5, 5.41) is 14.1. The van der Waals surface area contributed by atoms with Crippen LogP contribution in [0.2, 0.25) is 0 Å². The molecule has 4 N–H and O–H groups in total. The summed E-state index contributed by atoms with van der Waals surface area (Å²) in [5.74, 6) is -1.52. The lowest BCUT2D eigenvalue weighted by atomic mass is 10.1. The number of nitrogens with one attached hydrogen (secondary N) is 1. The molecule has 0 amide bonds. The van der Waals surface area contributed by atoms with Crippen molar-refractivity contribution in [1.29, 1.82) is 0 Å². The van der Waals surface area contributed by atoms with Gasteiger partial charge in [-0.05, 0) is 6.07 Å². The Labute approximate surface area is 101 Å². The van der Waals surface area contributed by atoms with Crippen molar-refractivity contribution in [3.63, 3.8) is 0 Å². The first kappa shape index (κ1) is 12.3. The number of hydrogen-bond acceptors (Lipinski definition) is 4. The number of primary sulfonamides is 1. The van der Waals surface area contributed by atoms with E-state index in [2.05, 4.69) is 4.98 Å². The van der Waals surface area contributed by atoms with Crippen molar-refractivity contribution >= 4 is 26.8 Å². The molecule has 0 saturated heterocycles. The molecule has 7 nitrogen and oxygen atoms in total. The Morgan fingerprint density at radius 2 is 2.00 bits per heavy atom. The number of fused-ring (bicyclic) bond motifs is 1. The Bertz CT molecular complexity index is 807. The number of carbonyl (C=O) groups is 1. The van der Waals surface area contributed by atoms with Crippen LogP contribution in [0.3, 0.4) is 0 Å². The maximum Gasteiger partial charge on any atom is 0.342 e. The average Bonchev–Trinajstić information content (AvgIpc) is 2.26. The summed E-state index contributed by atoms with van der Waals surface area (Å²) in [6.45, 7) is 0. The second-order valence-corrected chi connectivity index (χ2v) is 5.09. The fourth-order valence-corrected chi connectivity index (χ4v) is 2.48. The Balaban J connectivity index is 3.13. The summed E-state index contributed by atoms with van der Waals surface area (Å²) in [4.78, 5) is 24.4. The largest absolute Gasteiger partial charge is 0.477 e. The third-order valence-electron chi connectivity index (χ3n) is 2.41. The molecule has 1 aromatic heterocycles. The van der Waals surface area contributed by atoms with Gasteiger partial charge in [-0.15, -0.1) is 0 Å². The third kappa shape index (κ3) is 1.87. The van der Waals surface area contributed by atoms with Crippen molar-refractivity contribution in [2.75, 3.05) is 0 Å². The number of H-pyrrole nitrogens is 1. The summed E-state index contributed by atoms with van der Waals surface area (Å²) in [7, 11) is -4.12. The minimum absolute atomic E-state index is 0.184. The van der Waals surface area contributed by atoms with Crippen molar-refractivity contribution < 1.29 is 18.3 Å². The van der Waals surface area contributed by atoms with Gasteiger partial charge in [0.25, 0.3) is 5.56 Å². The predicted molar refractivity (Wildman–Crippen MR) is 62.9 cm³/mol. The highest BCUT2D eigenvalue weighted by atomic mass is 32.2. The Kier molecular flexibility index (Phi) is 2.68. The lowest BCUT2D eigenvalue weighted by Gasteiger charge is -2.06. The van der Waals surface area contributed by atoms with Crippen molar-refractivity contribution in [1.82, 2.24) is 4.98 Å². The molecule has 0 aliphatic heterocycles. The van der Waals surface area contributed by atoms with Gasteiger partial charge in [-0.1, -0.05) is 12.1 Å². The van der Waals surface area contributed by atoms with E-state index >= 15 is 0 Å². The van der Waals surface area contributed by atoms with Gasteiger partial charge in [0.1, 0.15) is 5.56 Å². The molecule has 2 rings (SSSR count). The van der Waals surface area contributed by atoms with Crippen molar-refractivity contribution in [3.05, 3.63) is 40.3 Å². The van der Waals surface area contributed by atoms with Gasteiger partial charge in [0.05, 0.1) is 4.90 Å². The minimum Gasteiger partial charge on any atom is -0.477 e. The number of aromatic amines is 1. The topological polar surface area (TPSA) is 130 Å². The van der Waals surface area contributed by atoms with Crippen LogP contribution in [0.4, 0.5) is 0 Å². The highest BCUT2D eigenvalue weighted by molar-refractivity contribution is 7.89. The molecule has 0 saturated carbocycles. The van der Waals surface area contributed by atoms with Crippen LogP contribution >= 0.6 is 0 Å². The van der Waals surface area contributed by atoms with Crippen LogP contribution in [-0.4, -0.2) is 24.5 Å². The monoisotopic (exact) mass is 268 g/mol. The molecule has 0 radical (unpaired) electrons. The molecule has 1 aromatic carbocycles. The molecule has 0 aliphatic carbocycles. The number of sulfonamides is 1. The Hall–Kier alpha value is -2.19. The molecule has 0 atom stereocenters. The van der Waals surface area contributed by atoms with E-state index in [1.165, 1.54) is 18.3 Å². The molecule has 0 unspecified atom stereocenters. The van der Waals surface area contributed by atoms with Crippen LogP contribution in [0.15, 0.2) is 34.1 Å². The summed E-state index contributed by atoms with van der Waals surface area (Å²) in [5.41, 5.74) is -1.52. The highest BCUT2D eigenvalue weighted by Crippen LogP contribution is 2.23. The van der Waals surface area contributed by atoms with Gasteiger partial charge >= 0.3 is 5.97 Å². The van der Waals surface area contributed by atoms with Crippen LogP contribution in [0.5, 0.6) is 0 Å². The van der Waals surface area contributed by atoms with E-state index < -0.39 is 27.1 Å². The molecule has 2 aromatic rings. The molecule has 18 heavy (non-hydrogen) atoms. The number of hydrogen-bond donors (Lipinski definition) is 3. The van der Waals surface area contributed by atoms with Gasteiger partial charge in [0, 0.05) is 17.0 Å². The van der Waals surface area contributed by atoms with Gasteiger partial charge in [0.15, 0.2) is 0 Å². The summed E-state index contributed by atoms with van der Waals surface area (Å²) in [6, 6.07) is 4.04. The van der Waals surface area contributed by atoms with Gasteiger partial charge in [0.2, 0.25) is 10.0 Å². The van der Waals surface area contributed by atoms with E-state index in [9.17, 15) is 18.0 Å². The average molecular weight is 268 g/mol. The standard InChI is InChI=1S/C10H8N2O5S/c11-18(16,17)6-3-1-2-5-4-12-9(13)8(7(5)6)10(14)15/h1-4H,(H,12,13)(H,14,15)(H2,11,16,17). The number of rotatable bonds is 2. The molecular weight excluding hydrogens is 260 g/mol. The zero-order valence-electron chi connectivity index (χ0n) is 8.88. The number of aromatic carboxylic acids is 1. The zero-order chi connectivity index (χ0) is 13.5. The number of carboxylic acid groups (broad SMARTS) is 1. The zero-order valence-corrected chi connectivity index (χ0v) is 9.69. The fraction of sp³-hybridized carbons (Fsp3) is 0. The molecule has 0 aliphatic rings. The van der Waals surface area contributed by atoms with Crippen molar-refractivity contribution in [2.24, 2.45) is 5.14 Å². The van der Waals surface area contributed by atoms with E-state index in [0.29, 0.717) is 0 Å². The van der Waals surface area contributed by atoms with Gasteiger partial charge < -0.3 is 10.1 Å². The van der Waals surface area contributed by atoms with E-state index in [1.807, 2.05) is 0 Å². The van der Waals surface area contributed by atoms with E-state index in [0.717, 1.165) is 6.07 Å². The quantitative estimate of drug-likeness (QED) is 0.698. The summed E-state index contributed by atoms with van der Waals surface area (Å²) in [6.07, 6.45) is 1.23. The fourth-order valence-electron chi connectivity index (χ4n) is 1.71. The lowest BCUT2D eigenvalue weighted by molar-refractivity contribution is 0.0697. The number of nitrogens with two attached hydrogens (primary N) is 1. The summed E-state index contributed by atoms with van der Waals surface area (Å²) >= 11 is 0. The highest BCUT2D eigenvalue weighted by Gasteiger charge is 2.21. The number of aromatic nitrogens is 1. The molecule has 0 bridgehead atoms. The predicted octanol–water partition coefficient (Wildman–Crippen LogP) is -0.126. The number of carboxylic acids is 1. The van der Waals surface area contributed by atoms with Crippen LogP contribution in [-0.2, 0) is 10.0 Å². The van der Waals surface area contributed by atoms with Gasteiger partial charge in [-0.3, -0.25) is 4.79 Å². The molecule has 0 spiro atoms. The number of pyridine rings is 1. The first-order valence-corrected chi connectivity index (χ1v) is 6.27. The van der Waals surface area contributed by atoms with E-state index in [-0.39, 0.29) is 15.7 Å². The summed E-state index contributed by atoms with van der Waals surface area (Å²) < 4.78 is 22.8. The SMILES string of the molecule is NS(=O)(=O)c1cccc2c[nH]c(=O)c(C(=O)O)c12. The molecular formula is C10H8N2O5S. The first-order valence-electron chi connectivity index (χ1n) is 4.73.